The van der Waals surface area contributed by atoms with E-state index in [1.807, 2.05) is 50.2 Å². The molecule has 0 aromatic heterocycles. The topological polar surface area (TPSA) is 9.23 Å². The van der Waals surface area contributed by atoms with Crippen molar-refractivity contribution < 1.29 is 4.74 Å². The number of halogens is 1. The highest BCUT2D eigenvalue weighted by atomic mass is 35.5. The van der Waals surface area contributed by atoms with Gasteiger partial charge in [0.1, 0.15) is 5.75 Å². The van der Waals surface area contributed by atoms with Crippen LogP contribution in [0.15, 0.2) is 36.4 Å². The van der Waals surface area contributed by atoms with Gasteiger partial charge in [0, 0.05) is 15.8 Å². The Morgan fingerprint density at radius 1 is 0.933 bits per heavy atom. The van der Waals surface area contributed by atoms with E-state index < -0.39 is 0 Å². The second kappa shape index (κ2) is 5.62. The molecule has 0 aliphatic rings. The fourth-order valence-electron chi connectivity index (χ4n) is 1.41. The number of rotatable bonds is 1. The van der Waals surface area contributed by atoms with Crippen LogP contribution in [0.2, 0.25) is 5.02 Å². The molecule has 0 aliphatic heterocycles. The molecule has 0 fully saturated rings. The second-order valence-electron chi connectivity index (χ2n) is 2.80. The van der Waals surface area contributed by atoms with Gasteiger partial charge in [-0.15, -0.1) is 0 Å². The van der Waals surface area contributed by atoms with Crippen LogP contribution in [0.4, 0.5) is 0 Å². The fourth-order valence-corrected chi connectivity index (χ4v) is 1.64. The van der Waals surface area contributed by atoms with Crippen LogP contribution in [0, 0.1) is 0 Å². The molecule has 2 heteroatoms. The zero-order valence-electron chi connectivity index (χ0n) is 9.25. The van der Waals surface area contributed by atoms with E-state index >= 15 is 0 Å². The Hall–Kier alpha value is -1.21. The Labute approximate surface area is 95.6 Å². The number of hydrogen-bond acceptors (Lipinski definition) is 1. The van der Waals surface area contributed by atoms with Crippen LogP contribution >= 0.6 is 11.6 Å². The predicted octanol–water partition coefficient (Wildman–Crippen LogP) is 4.53. The van der Waals surface area contributed by atoms with Crippen molar-refractivity contribution in [1.82, 2.24) is 0 Å². The predicted molar refractivity (Wildman–Crippen MR) is 66.9 cm³/mol. The lowest BCUT2D eigenvalue weighted by Crippen LogP contribution is -1.84. The van der Waals surface area contributed by atoms with Gasteiger partial charge in [-0.2, -0.15) is 0 Å². The van der Waals surface area contributed by atoms with Gasteiger partial charge in [0.15, 0.2) is 0 Å². The van der Waals surface area contributed by atoms with Crippen LogP contribution in [0.1, 0.15) is 13.8 Å². The SMILES string of the molecule is CC.COc1ccc(Cl)c2ccccc12. The maximum absolute atomic E-state index is 6.03. The van der Waals surface area contributed by atoms with Crippen molar-refractivity contribution in [2.75, 3.05) is 7.11 Å². The van der Waals surface area contributed by atoms with E-state index in [1.54, 1.807) is 7.11 Å². The highest BCUT2D eigenvalue weighted by Gasteiger charge is 2.02. The standard InChI is InChI=1S/C11H9ClO.C2H6/c1-13-11-7-6-10(12)8-4-2-3-5-9(8)11;1-2/h2-7H,1H3;1-2H3. The largest absolute Gasteiger partial charge is 0.496 e. The minimum atomic E-state index is 0.761. The van der Waals surface area contributed by atoms with Crippen LogP contribution < -0.4 is 4.74 Å². The monoisotopic (exact) mass is 222 g/mol. The van der Waals surface area contributed by atoms with Crippen molar-refractivity contribution in [3.05, 3.63) is 41.4 Å². The molecule has 0 amide bonds. The number of benzene rings is 2. The molecule has 0 unspecified atom stereocenters. The number of ether oxygens (including phenoxy) is 1. The smallest absolute Gasteiger partial charge is 0.126 e. The summed E-state index contributed by atoms with van der Waals surface area (Å²) in [6, 6.07) is 11.7. The number of fused-ring (bicyclic) bond motifs is 1. The van der Waals surface area contributed by atoms with Crippen molar-refractivity contribution in [3.8, 4) is 5.75 Å². The van der Waals surface area contributed by atoms with Gasteiger partial charge < -0.3 is 4.74 Å². The van der Waals surface area contributed by atoms with Gasteiger partial charge in [0.05, 0.1) is 7.11 Å². The van der Waals surface area contributed by atoms with E-state index in [0.717, 1.165) is 21.5 Å². The Morgan fingerprint density at radius 2 is 1.53 bits per heavy atom. The molecular formula is C13H15ClO. The van der Waals surface area contributed by atoms with Gasteiger partial charge in [-0.25, -0.2) is 0 Å². The quantitative estimate of drug-likeness (QED) is 0.689. The summed E-state index contributed by atoms with van der Waals surface area (Å²) in [6.45, 7) is 4.00. The fraction of sp³-hybridized carbons (Fsp3) is 0.231. The molecule has 0 spiro atoms. The van der Waals surface area contributed by atoms with E-state index in [4.69, 9.17) is 16.3 Å². The van der Waals surface area contributed by atoms with Crippen molar-refractivity contribution in [2.24, 2.45) is 0 Å². The van der Waals surface area contributed by atoms with Gasteiger partial charge >= 0.3 is 0 Å². The van der Waals surface area contributed by atoms with E-state index in [1.165, 1.54) is 0 Å². The van der Waals surface area contributed by atoms with Crippen molar-refractivity contribution in [2.45, 2.75) is 13.8 Å². The zero-order chi connectivity index (χ0) is 11.3. The van der Waals surface area contributed by atoms with E-state index in [9.17, 15) is 0 Å². The van der Waals surface area contributed by atoms with Crippen molar-refractivity contribution in [3.63, 3.8) is 0 Å². The highest BCUT2D eigenvalue weighted by Crippen LogP contribution is 2.30. The van der Waals surface area contributed by atoms with Gasteiger partial charge in [-0.3, -0.25) is 0 Å². The summed E-state index contributed by atoms with van der Waals surface area (Å²) >= 11 is 6.03. The minimum absolute atomic E-state index is 0.761. The summed E-state index contributed by atoms with van der Waals surface area (Å²) in [6.07, 6.45) is 0. The highest BCUT2D eigenvalue weighted by molar-refractivity contribution is 6.35. The van der Waals surface area contributed by atoms with Gasteiger partial charge in [0.2, 0.25) is 0 Å². The summed E-state index contributed by atoms with van der Waals surface area (Å²) in [5, 5.41) is 2.84. The maximum Gasteiger partial charge on any atom is 0.126 e. The minimum Gasteiger partial charge on any atom is -0.496 e. The van der Waals surface area contributed by atoms with E-state index in [2.05, 4.69) is 0 Å². The third-order valence-electron chi connectivity index (χ3n) is 2.05. The molecule has 0 radical (unpaired) electrons. The summed E-state index contributed by atoms with van der Waals surface area (Å²) in [7, 11) is 1.66. The van der Waals surface area contributed by atoms with Crippen LogP contribution in [0.3, 0.4) is 0 Å². The third-order valence-corrected chi connectivity index (χ3v) is 2.38. The first-order valence-electron chi connectivity index (χ1n) is 5.04. The summed E-state index contributed by atoms with van der Waals surface area (Å²) in [5.41, 5.74) is 0. The van der Waals surface area contributed by atoms with Gasteiger partial charge in [-0.05, 0) is 12.1 Å². The van der Waals surface area contributed by atoms with Crippen LogP contribution in [0.5, 0.6) is 5.75 Å². The van der Waals surface area contributed by atoms with Crippen LogP contribution in [0.25, 0.3) is 10.8 Å². The summed E-state index contributed by atoms with van der Waals surface area (Å²) in [5.74, 6) is 0.861. The Balaban J connectivity index is 0.000000531. The van der Waals surface area contributed by atoms with E-state index in [0.29, 0.717) is 0 Å². The molecule has 0 saturated heterocycles. The Kier molecular flexibility index (Phi) is 4.44. The first-order valence-corrected chi connectivity index (χ1v) is 5.42. The lowest BCUT2D eigenvalue weighted by molar-refractivity contribution is 0.420. The van der Waals surface area contributed by atoms with E-state index in [-0.39, 0.29) is 0 Å². The zero-order valence-corrected chi connectivity index (χ0v) is 10.0. The summed E-state index contributed by atoms with van der Waals surface area (Å²) < 4.78 is 5.22. The lowest BCUT2D eigenvalue weighted by atomic mass is 10.1. The van der Waals surface area contributed by atoms with Crippen molar-refractivity contribution >= 4 is 22.4 Å². The first-order chi connectivity index (χ1) is 7.33. The molecule has 0 atom stereocenters. The molecule has 0 bridgehead atoms. The molecule has 0 heterocycles. The average molecular weight is 223 g/mol. The molecular weight excluding hydrogens is 208 g/mol. The van der Waals surface area contributed by atoms with Crippen LogP contribution in [-0.4, -0.2) is 7.11 Å². The Morgan fingerprint density at radius 3 is 2.13 bits per heavy atom. The molecule has 0 saturated carbocycles. The second-order valence-corrected chi connectivity index (χ2v) is 3.20. The molecule has 2 rings (SSSR count). The normalized spacial score (nSPS) is 9.33. The number of methoxy groups -OCH3 is 1. The van der Waals surface area contributed by atoms with Gasteiger partial charge in [0.25, 0.3) is 0 Å². The molecule has 80 valence electrons. The third kappa shape index (κ3) is 2.42. The van der Waals surface area contributed by atoms with Crippen LogP contribution in [-0.2, 0) is 0 Å². The summed E-state index contributed by atoms with van der Waals surface area (Å²) in [4.78, 5) is 0. The molecule has 2 aromatic rings. The first kappa shape index (κ1) is 11.9. The molecule has 2 aromatic carbocycles. The van der Waals surface area contributed by atoms with Gasteiger partial charge in [-0.1, -0.05) is 49.7 Å². The molecule has 15 heavy (non-hydrogen) atoms. The average Bonchev–Trinajstić information content (AvgIpc) is 2.33. The molecule has 0 N–H and O–H groups in total. The molecule has 1 nitrogen and oxygen atoms in total. The molecule has 0 aliphatic carbocycles. The number of hydrogen-bond donors (Lipinski definition) is 0. The lowest BCUT2D eigenvalue weighted by Gasteiger charge is -2.05. The Bertz CT molecular complexity index is 437. The maximum atomic E-state index is 6.03. The van der Waals surface area contributed by atoms with Crippen molar-refractivity contribution in [1.29, 1.82) is 0 Å².